The fourth-order valence-corrected chi connectivity index (χ4v) is 1.28. The van der Waals surface area contributed by atoms with Gasteiger partial charge in [0.05, 0.1) is 0 Å². The smallest absolute Gasteiger partial charge is 0.272 e. The molecule has 1 aliphatic carbocycles. The summed E-state index contributed by atoms with van der Waals surface area (Å²) < 4.78 is 1.61. The number of aromatic nitrogens is 2. The molecule has 0 saturated heterocycles. The fourth-order valence-electron chi connectivity index (χ4n) is 1.28. The molecule has 0 spiro atoms. The van der Waals surface area contributed by atoms with Crippen molar-refractivity contribution in [3.63, 3.8) is 0 Å². The molecule has 3 N–H and O–H groups in total. The van der Waals surface area contributed by atoms with Gasteiger partial charge < -0.3 is 11.1 Å². The van der Waals surface area contributed by atoms with Crippen molar-refractivity contribution in [3.8, 4) is 0 Å². The Labute approximate surface area is 82.3 Å². The summed E-state index contributed by atoms with van der Waals surface area (Å²) in [6.07, 6.45) is 2.16. The first-order valence-electron chi connectivity index (χ1n) is 4.85. The predicted octanol–water partition coefficient (Wildman–Crippen LogP) is 0.377. The molecule has 1 saturated carbocycles. The lowest BCUT2D eigenvalue weighted by Gasteiger charge is -1.98. The molecule has 5 nitrogen and oxygen atoms in total. The molecular weight excluding hydrogens is 180 g/mol. The summed E-state index contributed by atoms with van der Waals surface area (Å²) in [7, 11) is 0. The quantitative estimate of drug-likeness (QED) is 0.730. The summed E-state index contributed by atoms with van der Waals surface area (Å²) in [6, 6.07) is 1.97. The first-order chi connectivity index (χ1) is 6.70. The van der Waals surface area contributed by atoms with Gasteiger partial charge in [0.1, 0.15) is 5.82 Å². The van der Waals surface area contributed by atoms with Crippen LogP contribution in [0.3, 0.4) is 0 Å². The van der Waals surface area contributed by atoms with Crippen LogP contribution in [0, 0.1) is 0 Å². The first kappa shape index (κ1) is 9.05. The Kier molecular flexibility index (Phi) is 2.15. The van der Waals surface area contributed by atoms with Crippen LogP contribution in [0.1, 0.15) is 30.3 Å². The number of carbonyl (C=O) groups excluding carboxylic acids is 1. The van der Waals surface area contributed by atoms with E-state index in [1.807, 2.05) is 6.92 Å². The van der Waals surface area contributed by atoms with E-state index in [0.717, 1.165) is 12.8 Å². The van der Waals surface area contributed by atoms with Crippen LogP contribution in [0.5, 0.6) is 0 Å². The predicted molar refractivity (Wildman–Crippen MR) is 52.8 cm³/mol. The van der Waals surface area contributed by atoms with Crippen molar-refractivity contribution < 1.29 is 4.79 Å². The lowest BCUT2D eigenvalue weighted by atomic mass is 10.4. The number of aryl methyl sites for hydroxylation is 1. The van der Waals surface area contributed by atoms with Crippen molar-refractivity contribution in [2.24, 2.45) is 0 Å². The van der Waals surface area contributed by atoms with Gasteiger partial charge in [0.15, 0.2) is 5.69 Å². The molecule has 76 valence electrons. The zero-order valence-electron chi connectivity index (χ0n) is 8.16. The molecule has 14 heavy (non-hydrogen) atoms. The van der Waals surface area contributed by atoms with Gasteiger partial charge in [0.2, 0.25) is 0 Å². The standard InChI is InChI=1S/C9H14N4O/c1-2-13-8(10)5-7(12-13)9(14)11-6-3-4-6/h5-6H,2-4,10H2,1H3,(H,11,14). The molecule has 5 heteroatoms. The van der Waals surface area contributed by atoms with Crippen molar-refractivity contribution in [2.45, 2.75) is 32.4 Å². The highest BCUT2D eigenvalue weighted by Crippen LogP contribution is 2.19. The minimum atomic E-state index is -0.119. The fraction of sp³-hybridized carbons (Fsp3) is 0.556. The lowest BCUT2D eigenvalue weighted by Crippen LogP contribution is -2.25. The Bertz CT molecular complexity index is 354. The number of hydrogen-bond donors (Lipinski definition) is 2. The maximum Gasteiger partial charge on any atom is 0.272 e. The van der Waals surface area contributed by atoms with Crippen LogP contribution < -0.4 is 11.1 Å². The van der Waals surface area contributed by atoms with Gasteiger partial charge >= 0.3 is 0 Å². The zero-order valence-corrected chi connectivity index (χ0v) is 8.16. The van der Waals surface area contributed by atoms with Gasteiger partial charge in [-0.1, -0.05) is 0 Å². The van der Waals surface area contributed by atoms with Gasteiger partial charge in [0, 0.05) is 18.7 Å². The van der Waals surface area contributed by atoms with E-state index in [1.54, 1.807) is 10.7 Å². The lowest BCUT2D eigenvalue weighted by molar-refractivity contribution is 0.0945. The van der Waals surface area contributed by atoms with E-state index in [1.165, 1.54) is 0 Å². The minimum absolute atomic E-state index is 0.119. The van der Waals surface area contributed by atoms with E-state index >= 15 is 0 Å². The second-order valence-electron chi connectivity index (χ2n) is 3.52. The van der Waals surface area contributed by atoms with Crippen molar-refractivity contribution in [1.82, 2.24) is 15.1 Å². The number of anilines is 1. The second-order valence-corrected chi connectivity index (χ2v) is 3.52. The molecule has 1 amide bonds. The molecule has 0 bridgehead atoms. The first-order valence-corrected chi connectivity index (χ1v) is 4.85. The molecular formula is C9H14N4O. The van der Waals surface area contributed by atoms with Gasteiger partial charge in [-0.15, -0.1) is 0 Å². The molecule has 1 aliphatic rings. The third-order valence-electron chi connectivity index (χ3n) is 2.26. The van der Waals surface area contributed by atoms with E-state index < -0.39 is 0 Å². The van der Waals surface area contributed by atoms with Gasteiger partial charge in [-0.3, -0.25) is 4.79 Å². The van der Waals surface area contributed by atoms with Crippen molar-refractivity contribution in [2.75, 3.05) is 5.73 Å². The minimum Gasteiger partial charge on any atom is -0.384 e. The molecule has 1 heterocycles. The van der Waals surface area contributed by atoms with Crippen LogP contribution in [0.4, 0.5) is 5.82 Å². The molecule has 1 aromatic heterocycles. The van der Waals surface area contributed by atoms with Crippen LogP contribution in [0.25, 0.3) is 0 Å². The highest BCUT2D eigenvalue weighted by atomic mass is 16.2. The molecule has 0 aromatic carbocycles. The molecule has 0 atom stereocenters. The Balaban J connectivity index is 2.10. The number of nitrogens with two attached hydrogens (primary N) is 1. The summed E-state index contributed by atoms with van der Waals surface area (Å²) in [5.41, 5.74) is 6.07. The number of nitrogens with one attached hydrogen (secondary N) is 1. The third-order valence-corrected chi connectivity index (χ3v) is 2.26. The monoisotopic (exact) mass is 194 g/mol. The maximum absolute atomic E-state index is 11.5. The average molecular weight is 194 g/mol. The van der Waals surface area contributed by atoms with Gasteiger partial charge in [0.25, 0.3) is 5.91 Å². The average Bonchev–Trinajstić information content (AvgIpc) is 2.87. The summed E-state index contributed by atoms with van der Waals surface area (Å²) in [5.74, 6) is 0.417. The van der Waals surface area contributed by atoms with Crippen LogP contribution >= 0.6 is 0 Å². The zero-order chi connectivity index (χ0) is 10.1. The second kappa shape index (κ2) is 3.32. The Morgan fingerprint density at radius 3 is 3.00 bits per heavy atom. The molecule has 1 fully saturated rings. The largest absolute Gasteiger partial charge is 0.384 e. The summed E-state index contributed by atoms with van der Waals surface area (Å²) in [6.45, 7) is 2.62. The molecule has 1 aromatic rings. The number of nitrogen functional groups attached to an aromatic ring is 1. The van der Waals surface area contributed by atoms with Gasteiger partial charge in [-0.2, -0.15) is 5.10 Å². The van der Waals surface area contributed by atoms with E-state index in [0.29, 0.717) is 24.1 Å². The number of hydrogen-bond acceptors (Lipinski definition) is 3. The van der Waals surface area contributed by atoms with Gasteiger partial charge in [-0.05, 0) is 19.8 Å². The molecule has 0 aliphatic heterocycles. The van der Waals surface area contributed by atoms with Crippen LogP contribution in [-0.2, 0) is 6.54 Å². The van der Waals surface area contributed by atoms with E-state index in [-0.39, 0.29) is 5.91 Å². The summed E-state index contributed by atoms with van der Waals surface area (Å²) in [5, 5.41) is 6.95. The maximum atomic E-state index is 11.5. The number of amides is 1. The Hall–Kier alpha value is -1.52. The number of carbonyl (C=O) groups is 1. The van der Waals surface area contributed by atoms with Crippen LogP contribution in [0.2, 0.25) is 0 Å². The Morgan fingerprint density at radius 1 is 1.79 bits per heavy atom. The van der Waals surface area contributed by atoms with Crippen molar-refractivity contribution >= 4 is 11.7 Å². The van der Waals surface area contributed by atoms with E-state index in [4.69, 9.17) is 5.73 Å². The number of nitrogens with zero attached hydrogens (tertiary/aromatic N) is 2. The van der Waals surface area contributed by atoms with E-state index in [9.17, 15) is 4.79 Å². The molecule has 0 unspecified atom stereocenters. The topological polar surface area (TPSA) is 72.9 Å². The van der Waals surface area contributed by atoms with Crippen molar-refractivity contribution in [3.05, 3.63) is 11.8 Å². The normalized spacial score (nSPS) is 15.5. The van der Waals surface area contributed by atoms with Crippen molar-refractivity contribution in [1.29, 1.82) is 0 Å². The molecule has 2 rings (SSSR count). The molecule has 0 radical (unpaired) electrons. The Morgan fingerprint density at radius 2 is 2.50 bits per heavy atom. The van der Waals surface area contributed by atoms with Crippen LogP contribution in [0.15, 0.2) is 6.07 Å². The highest BCUT2D eigenvalue weighted by Gasteiger charge is 2.25. The summed E-state index contributed by atoms with van der Waals surface area (Å²) in [4.78, 5) is 11.5. The van der Waals surface area contributed by atoms with Crippen LogP contribution in [-0.4, -0.2) is 21.7 Å². The SMILES string of the molecule is CCn1nc(C(=O)NC2CC2)cc1N. The third kappa shape index (κ3) is 1.71. The van der Waals surface area contributed by atoms with E-state index in [2.05, 4.69) is 10.4 Å². The van der Waals surface area contributed by atoms with Gasteiger partial charge in [-0.25, -0.2) is 4.68 Å². The number of rotatable bonds is 3. The summed E-state index contributed by atoms with van der Waals surface area (Å²) >= 11 is 0. The highest BCUT2D eigenvalue weighted by molar-refractivity contribution is 5.93.